The van der Waals surface area contributed by atoms with Crippen LogP contribution in [0.4, 0.5) is 0 Å². The Balaban J connectivity index is 1.87. The van der Waals surface area contributed by atoms with Gasteiger partial charge in [0, 0.05) is 32.1 Å². The van der Waals surface area contributed by atoms with Gasteiger partial charge in [0.2, 0.25) is 5.91 Å². The smallest absolute Gasteiger partial charge is 0.228 e. The molecule has 1 N–H and O–H groups in total. The summed E-state index contributed by atoms with van der Waals surface area (Å²) in [5.74, 6) is 0.110. The zero-order valence-corrected chi connectivity index (χ0v) is 14.1. The van der Waals surface area contributed by atoms with Crippen molar-refractivity contribution in [3.63, 3.8) is 0 Å². The Hall–Kier alpha value is -0.980. The fourth-order valence-electron chi connectivity index (χ4n) is 2.62. The average Bonchev–Trinajstić information content (AvgIpc) is 2.72. The Bertz CT molecular complexity index is 452. The van der Waals surface area contributed by atoms with Crippen molar-refractivity contribution in [2.75, 3.05) is 34.2 Å². The van der Waals surface area contributed by atoms with E-state index in [1.165, 1.54) is 19.3 Å². The Labute approximate surface area is 131 Å². The van der Waals surface area contributed by atoms with Crippen LogP contribution < -0.4 is 5.32 Å². The summed E-state index contributed by atoms with van der Waals surface area (Å²) < 4.78 is 0. The quantitative estimate of drug-likeness (QED) is 0.892. The first-order valence-corrected chi connectivity index (χ1v) is 8.48. The third kappa shape index (κ3) is 5.05. The maximum Gasteiger partial charge on any atom is 0.228 e. The van der Waals surface area contributed by atoms with Gasteiger partial charge in [0.05, 0.1) is 12.1 Å². The van der Waals surface area contributed by atoms with Crippen LogP contribution in [0.5, 0.6) is 0 Å². The molecule has 0 bridgehead atoms. The highest BCUT2D eigenvalue weighted by Gasteiger charge is 2.18. The summed E-state index contributed by atoms with van der Waals surface area (Å²) in [5.41, 5.74) is 1.08. The molecular formula is C15H26N4OS. The lowest BCUT2D eigenvalue weighted by atomic mass is 10.1. The second-order valence-corrected chi connectivity index (χ2v) is 6.89. The molecular weight excluding hydrogens is 284 g/mol. The fraction of sp³-hybridized carbons (Fsp3) is 0.733. The monoisotopic (exact) mass is 310 g/mol. The molecule has 1 atom stereocenters. The standard InChI is InChI=1S/C15H26N4OS/c1-18(2)15(20)9-14-17-12(11-21-14)10-19(3)13-5-4-7-16-8-6-13/h11,13,16H,4-10H2,1-3H3. The molecule has 0 aromatic carbocycles. The van der Waals surface area contributed by atoms with Crippen LogP contribution in [-0.2, 0) is 17.8 Å². The van der Waals surface area contributed by atoms with E-state index in [9.17, 15) is 4.79 Å². The number of carbonyl (C=O) groups excluding carboxylic acids is 1. The van der Waals surface area contributed by atoms with Crippen molar-refractivity contribution in [3.05, 3.63) is 16.1 Å². The molecule has 1 aliphatic heterocycles. The summed E-state index contributed by atoms with van der Waals surface area (Å²) >= 11 is 1.59. The molecule has 1 aliphatic rings. The predicted molar refractivity (Wildman–Crippen MR) is 86.5 cm³/mol. The second-order valence-electron chi connectivity index (χ2n) is 5.95. The normalized spacial score (nSPS) is 19.5. The van der Waals surface area contributed by atoms with Crippen molar-refractivity contribution >= 4 is 17.2 Å². The van der Waals surface area contributed by atoms with E-state index < -0.39 is 0 Å². The molecule has 118 valence electrons. The number of carbonyl (C=O) groups is 1. The van der Waals surface area contributed by atoms with E-state index in [2.05, 4.69) is 27.6 Å². The van der Waals surface area contributed by atoms with Crippen molar-refractivity contribution in [1.29, 1.82) is 0 Å². The minimum absolute atomic E-state index is 0.110. The van der Waals surface area contributed by atoms with Crippen molar-refractivity contribution < 1.29 is 4.79 Å². The highest BCUT2D eigenvalue weighted by Crippen LogP contribution is 2.17. The minimum atomic E-state index is 0.110. The maximum absolute atomic E-state index is 11.7. The summed E-state index contributed by atoms with van der Waals surface area (Å²) in [6.07, 6.45) is 4.11. The van der Waals surface area contributed by atoms with Crippen molar-refractivity contribution in [3.8, 4) is 0 Å². The number of rotatable bonds is 5. The van der Waals surface area contributed by atoms with Crippen LogP contribution in [0.15, 0.2) is 5.38 Å². The predicted octanol–water partition coefficient (Wildman–Crippen LogP) is 1.35. The van der Waals surface area contributed by atoms with E-state index in [-0.39, 0.29) is 5.91 Å². The molecule has 0 radical (unpaired) electrons. The molecule has 0 spiro atoms. The summed E-state index contributed by atoms with van der Waals surface area (Å²) in [6, 6.07) is 0.633. The second kappa shape index (κ2) is 7.87. The average molecular weight is 310 g/mol. The van der Waals surface area contributed by atoms with Crippen molar-refractivity contribution in [2.24, 2.45) is 0 Å². The molecule has 2 rings (SSSR count). The van der Waals surface area contributed by atoms with Gasteiger partial charge in [0.25, 0.3) is 0 Å². The number of nitrogens with zero attached hydrogens (tertiary/aromatic N) is 3. The summed E-state index contributed by atoms with van der Waals surface area (Å²) in [5, 5.41) is 6.45. The molecule has 1 unspecified atom stereocenters. The van der Waals surface area contributed by atoms with E-state index >= 15 is 0 Å². The summed E-state index contributed by atoms with van der Waals surface area (Å²) in [7, 11) is 5.75. The van der Waals surface area contributed by atoms with Gasteiger partial charge in [0.1, 0.15) is 5.01 Å². The molecule has 2 heterocycles. The number of aromatic nitrogens is 1. The lowest BCUT2D eigenvalue weighted by molar-refractivity contribution is -0.127. The third-order valence-electron chi connectivity index (χ3n) is 3.98. The van der Waals surface area contributed by atoms with Gasteiger partial charge >= 0.3 is 0 Å². The maximum atomic E-state index is 11.7. The molecule has 6 heteroatoms. The van der Waals surface area contributed by atoms with Gasteiger partial charge < -0.3 is 10.2 Å². The molecule has 1 amide bonds. The third-order valence-corrected chi connectivity index (χ3v) is 4.88. The zero-order chi connectivity index (χ0) is 15.2. The van der Waals surface area contributed by atoms with Crippen LogP contribution in [0.3, 0.4) is 0 Å². The Morgan fingerprint density at radius 1 is 1.38 bits per heavy atom. The van der Waals surface area contributed by atoms with Gasteiger partial charge in [-0.3, -0.25) is 9.69 Å². The van der Waals surface area contributed by atoms with Crippen LogP contribution >= 0.6 is 11.3 Å². The lowest BCUT2D eigenvalue weighted by Gasteiger charge is -2.25. The molecule has 1 aromatic rings. The topological polar surface area (TPSA) is 48.5 Å². The number of thiazole rings is 1. The first-order chi connectivity index (χ1) is 10.1. The Kier molecular flexibility index (Phi) is 6.14. The molecule has 5 nitrogen and oxygen atoms in total. The van der Waals surface area contributed by atoms with Gasteiger partial charge in [-0.05, 0) is 39.4 Å². The minimum Gasteiger partial charge on any atom is -0.348 e. The zero-order valence-electron chi connectivity index (χ0n) is 13.3. The SMILES string of the molecule is CN(C)C(=O)Cc1nc(CN(C)C2CCCNCC2)cs1. The van der Waals surface area contributed by atoms with Crippen LogP contribution in [0.25, 0.3) is 0 Å². The molecule has 0 saturated carbocycles. The molecule has 21 heavy (non-hydrogen) atoms. The number of amides is 1. The highest BCUT2D eigenvalue weighted by molar-refractivity contribution is 7.09. The molecule has 1 fully saturated rings. The van der Waals surface area contributed by atoms with Gasteiger partial charge in [-0.2, -0.15) is 0 Å². The molecule has 1 saturated heterocycles. The van der Waals surface area contributed by atoms with E-state index in [1.807, 2.05) is 0 Å². The number of likely N-dealkylation sites (N-methyl/N-ethyl adjacent to an activating group) is 1. The van der Waals surface area contributed by atoms with E-state index in [4.69, 9.17) is 0 Å². The van der Waals surface area contributed by atoms with E-state index in [0.717, 1.165) is 30.3 Å². The fourth-order valence-corrected chi connectivity index (χ4v) is 3.39. The molecule has 1 aromatic heterocycles. The summed E-state index contributed by atoms with van der Waals surface area (Å²) in [6.45, 7) is 3.11. The number of nitrogens with one attached hydrogen (secondary N) is 1. The summed E-state index contributed by atoms with van der Waals surface area (Å²) in [4.78, 5) is 20.3. The van der Waals surface area contributed by atoms with Gasteiger partial charge in [0.15, 0.2) is 0 Å². The van der Waals surface area contributed by atoms with Gasteiger partial charge in [-0.15, -0.1) is 11.3 Å². The van der Waals surface area contributed by atoms with Crippen LogP contribution in [-0.4, -0.2) is 61.0 Å². The van der Waals surface area contributed by atoms with Crippen LogP contribution in [0.2, 0.25) is 0 Å². The van der Waals surface area contributed by atoms with Gasteiger partial charge in [-0.1, -0.05) is 0 Å². The van der Waals surface area contributed by atoms with Crippen LogP contribution in [0.1, 0.15) is 30.0 Å². The van der Waals surface area contributed by atoms with Crippen molar-refractivity contribution in [2.45, 2.75) is 38.3 Å². The number of hydrogen-bond acceptors (Lipinski definition) is 5. The highest BCUT2D eigenvalue weighted by atomic mass is 32.1. The first-order valence-electron chi connectivity index (χ1n) is 7.60. The number of hydrogen-bond donors (Lipinski definition) is 1. The Morgan fingerprint density at radius 2 is 2.19 bits per heavy atom. The molecule has 0 aliphatic carbocycles. The Morgan fingerprint density at radius 3 is 2.95 bits per heavy atom. The van der Waals surface area contributed by atoms with Crippen LogP contribution in [0, 0.1) is 0 Å². The van der Waals surface area contributed by atoms with E-state index in [1.54, 1.807) is 30.3 Å². The largest absolute Gasteiger partial charge is 0.348 e. The lowest BCUT2D eigenvalue weighted by Crippen LogP contribution is -2.32. The van der Waals surface area contributed by atoms with Crippen molar-refractivity contribution in [1.82, 2.24) is 20.1 Å². The first kappa shape index (κ1) is 16.4. The van der Waals surface area contributed by atoms with E-state index in [0.29, 0.717) is 12.5 Å². The van der Waals surface area contributed by atoms with Gasteiger partial charge in [-0.25, -0.2) is 4.98 Å².